The molecule has 1 aliphatic rings. The minimum absolute atomic E-state index is 0.0875. The molecule has 0 radical (unpaired) electrons. The van der Waals surface area contributed by atoms with Crippen LogP contribution in [0.25, 0.3) is 10.8 Å². The molecular formula is C24H23NO3. The molecule has 0 saturated heterocycles. The third kappa shape index (κ3) is 2.91. The van der Waals surface area contributed by atoms with Crippen molar-refractivity contribution in [3.05, 3.63) is 78.4 Å². The van der Waals surface area contributed by atoms with E-state index in [1.807, 2.05) is 41.3 Å². The summed E-state index contributed by atoms with van der Waals surface area (Å²) in [6.45, 7) is 4.32. The highest BCUT2D eigenvalue weighted by Crippen LogP contribution is 2.46. The normalized spacial score (nSPS) is 16.0. The van der Waals surface area contributed by atoms with E-state index in [4.69, 9.17) is 9.47 Å². The fourth-order valence-electron chi connectivity index (χ4n) is 4.11. The predicted molar refractivity (Wildman–Crippen MR) is 113 cm³/mol. The second-order valence-electron chi connectivity index (χ2n) is 6.88. The van der Waals surface area contributed by atoms with Crippen molar-refractivity contribution in [1.29, 1.82) is 0 Å². The molecule has 1 amide bonds. The van der Waals surface area contributed by atoms with Crippen molar-refractivity contribution < 1.29 is 14.3 Å². The summed E-state index contributed by atoms with van der Waals surface area (Å²) >= 11 is 0. The average molecular weight is 373 g/mol. The van der Waals surface area contributed by atoms with Gasteiger partial charge in [-0.3, -0.25) is 4.79 Å². The number of hydrogen-bond acceptors (Lipinski definition) is 3. The molecule has 3 aromatic rings. The van der Waals surface area contributed by atoms with E-state index in [0.29, 0.717) is 13.0 Å². The Hall–Kier alpha value is -3.27. The molecule has 0 bridgehead atoms. The largest absolute Gasteiger partial charge is 0.497 e. The molecule has 142 valence electrons. The van der Waals surface area contributed by atoms with Gasteiger partial charge in [-0.15, -0.1) is 6.58 Å². The van der Waals surface area contributed by atoms with Crippen LogP contribution in [-0.4, -0.2) is 26.7 Å². The Morgan fingerprint density at radius 1 is 1.11 bits per heavy atom. The fourth-order valence-corrected chi connectivity index (χ4v) is 4.11. The van der Waals surface area contributed by atoms with E-state index in [9.17, 15) is 4.79 Å². The number of carbonyl (C=O) groups is 1. The van der Waals surface area contributed by atoms with Gasteiger partial charge in [-0.05, 0) is 28.5 Å². The van der Waals surface area contributed by atoms with E-state index in [1.165, 1.54) is 0 Å². The lowest BCUT2D eigenvalue weighted by molar-refractivity contribution is -0.119. The van der Waals surface area contributed by atoms with Crippen LogP contribution in [0.3, 0.4) is 0 Å². The summed E-state index contributed by atoms with van der Waals surface area (Å²) in [6, 6.07) is 18.2. The highest BCUT2D eigenvalue weighted by Gasteiger charge is 2.34. The lowest BCUT2D eigenvalue weighted by atomic mass is 9.81. The molecule has 0 spiro atoms. The molecule has 0 saturated carbocycles. The van der Waals surface area contributed by atoms with E-state index < -0.39 is 0 Å². The standard InChI is InChI=1S/C24H23NO3/c1-4-13-25-21-12-9-16-7-5-6-8-18(16)24(21)20(15-23(25)26)19-11-10-17(27-2)14-22(19)28-3/h4-12,14,20H,1,13,15H2,2-3H3. The third-order valence-electron chi connectivity index (χ3n) is 5.39. The maximum atomic E-state index is 13.0. The van der Waals surface area contributed by atoms with Gasteiger partial charge in [0.1, 0.15) is 11.5 Å². The molecule has 4 nitrogen and oxygen atoms in total. The Labute approximate surface area is 165 Å². The Morgan fingerprint density at radius 2 is 1.93 bits per heavy atom. The molecule has 3 aromatic carbocycles. The summed E-state index contributed by atoms with van der Waals surface area (Å²) in [7, 11) is 3.28. The van der Waals surface area contributed by atoms with Crippen LogP contribution in [0.5, 0.6) is 11.5 Å². The van der Waals surface area contributed by atoms with Gasteiger partial charge in [-0.1, -0.05) is 42.5 Å². The molecule has 0 aliphatic carbocycles. The van der Waals surface area contributed by atoms with Gasteiger partial charge in [0.05, 0.1) is 14.2 Å². The molecule has 28 heavy (non-hydrogen) atoms. The molecule has 1 aliphatic heterocycles. The van der Waals surface area contributed by atoms with Crippen LogP contribution in [0.4, 0.5) is 5.69 Å². The van der Waals surface area contributed by atoms with Gasteiger partial charge in [-0.2, -0.15) is 0 Å². The molecule has 0 aromatic heterocycles. The van der Waals surface area contributed by atoms with Crippen LogP contribution in [0.1, 0.15) is 23.5 Å². The van der Waals surface area contributed by atoms with Crippen LogP contribution >= 0.6 is 0 Å². The van der Waals surface area contributed by atoms with E-state index in [2.05, 4.69) is 24.8 Å². The maximum Gasteiger partial charge on any atom is 0.228 e. The molecule has 0 fully saturated rings. The zero-order valence-electron chi connectivity index (χ0n) is 16.1. The number of fused-ring (bicyclic) bond motifs is 3. The zero-order chi connectivity index (χ0) is 19.7. The second-order valence-corrected chi connectivity index (χ2v) is 6.88. The first kappa shape index (κ1) is 18.1. The smallest absolute Gasteiger partial charge is 0.228 e. The summed E-state index contributed by atoms with van der Waals surface area (Å²) in [5.41, 5.74) is 3.09. The van der Waals surface area contributed by atoms with Crippen LogP contribution in [0.15, 0.2) is 67.3 Å². The summed E-state index contributed by atoms with van der Waals surface area (Å²) < 4.78 is 11.0. The monoisotopic (exact) mass is 373 g/mol. The molecule has 1 atom stereocenters. The maximum absolute atomic E-state index is 13.0. The van der Waals surface area contributed by atoms with Gasteiger partial charge in [0.2, 0.25) is 5.91 Å². The average Bonchev–Trinajstić information content (AvgIpc) is 2.74. The molecule has 4 rings (SSSR count). The van der Waals surface area contributed by atoms with Crippen molar-refractivity contribution in [3.63, 3.8) is 0 Å². The number of methoxy groups -OCH3 is 2. The van der Waals surface area contributed by atoms with Crippen molar-refractivity contribution in [3.8, 4) is 11.5 Å². The first-order valence-corrected chi connectivity index (χ1v) is 9.32. The quantitative estimate of drug-likeness (QED) is 0.597. The Morgan fingerprint density at radius 3 is 2.68 bits per heavy atom. The van der Waals surface area contributed by atoms with Crippen LogP contribution in [0.2, 0.25) is 0 Å². The highest BCUT2D eigenvalue weighted by molar-refractivity contribution is 6.03. The molecule has 4 heteroatoms. The number of amides is 1. The number of ether oxygens (including phenoxy) is 2. The van der Waals surface area contributed by atoms with Crippen LogP contribution in [0, 0.1) is 0 Å². The van der Waals surface area contributed by atoms with Gasteiger partial charge >= 0.3 is 0 Å². The fraction of sp³-hybridized carbons (Fsp3) is 0.208. The number of anilines is 1. The molecule has 0 N–H and O–H groups in total. The minimum atomic E-state index is -0.0875. The SMILES string of the molecule is C=CCN1C(=O)CC(c2ccc(OC)cc2OC)c2c1ccc1ccccc21. The van der Waals surface area contributed by atoms with Gasteiger partial charge < -0.3 is 14.4 Å². The molecule has 1 unspecified atom stereocenters. The highest BCUT2D eigenvalue weighted by atomic mass is 16.5. The predicted octanol–water partition coefficient (Wildman–Crippen LogP) is 4.91. The first-order chi connectivity index (χ1) is 13.7. The minimum Gasteiger partial charge on any atom is -0.497 e. The molecule has 1 heterocycles. The second kappa shape index (κ2) is 7.39. The van der Waals surface area contributed by atoms with E-state index in [1.54, 1.807) is 20.3 Å². The summed E-state index contributed by atoms with van der Waals surface area (Å²) in [6.07, 6.45) is 2.16. The van der Waals surface area contributed by atoms with Crippen molar-refractivity contribution in [1.82, 2.24) is 0 Å². The number of hydrogen-bond donors (Lipinski definition) is 0. The van der Waals surface area contributed by atoms with Crippen molar-refractivity contribution in [2.24, 2.45) is 0 Å². The molecular weight excluding hydrogens is 350 g/mol. The first-order valence-electron chi connectivity index (χ1n) is 9.32. The van der Waals surface area contributed by atoms with Crippen molar-refractivity contribution >= 4 is 22.4 Å². The van der Waals surface area contributed by atoms with Gasteiger partial charge in [0.15, 0.2) is 0 Å². The lowest BCUT2D eigenvalue weighted by Gasteiger charge is -2.35. The summed E-state index contributed by atoms with van der Waals surface area (Å²) in [5, 5.41) is 2.32. The van der Waals surface area contributed by atoms with E-state index >= 15 is 0 Å². The zero-order valence-corrected chi connectivity index (χ0v) is 16.1. The summed E-state index contributed by atoms with van der Waals surface area (Å²) in [5.74, 6) is 1.46. The van der Waals surface area contributed by atoms with E-state index in [0.717, 1.165) is 39.1 Å². The van der Waals surface area contributed by atoms with Gasteiger partial charge in [0.25, 0.3) is 0 Å². The van der Waals surface area contributed by atoms with Gasteiger partial charge in [0, 0.05) is 36.2 Å². The third-order valence-corrected chi connectivity index (χ3v) is 5.39. The Bertz CT molecular complexity index is 1060. The number of benzene rings is 3. The van der Waals surface area contributed by atoms with Crippen LogP contribution < -0.4 is 14.4 Å². The number of carbonyl (C=O) groups excluding carboxylic acids is 1. The summed E-state index contributed by atoms with van der Waals surface area (Å²) in [4.78, 5) is 14.8. The Balaban J connectivity index is 1.98. The topological polar surface area (TPSA) is 38.8 Å². The van der Waals surface area contributed by atoms with Crippen molar-refractivity contribution in [2.75, 3.05) is 25.7 Å². The van der Waals surface area contributed by atoms with Gasteiger partial charge in [-0.25, -0.2) is 0 Å². The van der Waals surface area contributed by atoms with Crippen molar-refractivity contribution in [2.45, 2.75) is 12.3 Å². The Kier molecular flexibility index (Phi) is 4.78. The van der Waals surface area contributed by atoms with E-state index in [-0.39, 0.29) is 11.8 Å². The number of rotatable bonds is 5. The lowest BCUT2D eigenvalue weighted by Crippen LogP contribution is -2.37. The van der Waals surface area contributed by atoms with Crippen LogP contribution in [-0.2, 0) is 4.79 Å². The number of nitrogens with zero attached hydrogens (tertiary/aromatic N) is 1.